The Kier molecular flexibility index (Phi) is 4.89. The lowest BCUT2D eigenvalue weighted by molar-refractivity contribution is -0.122. The number of fused-ring (bicyclic) bond motifs is 1. The molecule has 5 nitrogen and oxygen atoms in total. The van der Waals surface area contributed by atoms with E-state index in [9.17, 15) is 9.59 Å². The molecule has 0 radical (unpaired) electrons. The Morgan fingerprint density at radius 1 is 1.03 bits per heavy atom. The lowest BCUT2D eigenvalue weighted by Crippen LogP contribution is -2.62. The number of amides is 3. The van der Waals surface area contributed by atoms with Gasteiger partial charge in [-0.1, -0.05) is 24.3 Å². The Morgan fingerprint density at radius 3 is 2.38 bits per heavy atom. The number of nitrogens with one attached hydrogen (secondary N) is 3. The number of imide groups is 1. The first-order valence-corrected chi connectivity index (χ1v) is 11.5. The maximum absolute atomic E-state index is 12.7. The highest BCUT2D eigenvalue weighted by molar-refractivity contribution is 5.97. The molecular weight excluding hydrogens is 362 g/mol. The van der Waals surface area contributed by atoms with E-state index in [1.165, 1.54) is 30.4 Å². The average molecular weight is 396 g/mol. The molecule has 4 bridgehead atoms. The molecule has 4 saturated carbocycles. The molecule has 5 heteroatoms. The van der Waals surface area contributed by atoms with Crippen molar-refractivity contribution in [2.45, 2.75) is 82.3 Å². The molecule has 2 atom stereocenters. The topological polar surface area (TPSA) is 70.2 Å². The molecule has 0 unspecified atom stereocenters. The van der Waals surface area contributed by atoms with E-state index < -0.39 is 6.04 Å². The average Bonchev–Trinajstić information content (AvgIpc) is 2.66. The highest BCUT2D eigenvalue weighted by Gasteiger charge is 2.51. The molecule has 3 N–H and O–H groups in total. The third-order valence-electron chi connectivity index (χ3n) is 7.87. The lowest BCUT2D eigenvalue weighted by atomic mass is 9.53. The molecule has 156 valence electrons. The van der Waals surface area contributed by atoms with Gasteiger partial charge in [0.1, 0.15) is 0 Å². The number of hydrogen-bond donors (Lipinski definition) is 3. The number of rotatable bonds is 4. The molecule has 3 amide bonds. The first kappa shape index (κ1) is 19.1. The summed E-state index contributed by atoms with van der Waals surface area (Å²) < 4.78 is 0. The summed E-state index contributed by atoms with van der Waals surface area (Å²) in [5.41, 5.74) is 2.58. The van der Waals surface area contributed by atoms with Crippen LogP contribution in [0.1, 0.15) is 75.5 Å². The van der Waals surface area contributed by atoms with Gasteiger partial charge in [0.2, 0.25) is 5.91 Å². The fraction of sp³-hybridized carbons (Fsp3) is 0.667. The van der Waals surface area contributed by atoms with Crippen LogP contribution in [0.2, 0.25) is 0 Å². The Morgan fingerprint density at radius 2 is 1.69 bits per heavy atom. The van der Waals surface area contributed by atoms with Crippen molar-refractivity contribution in [3.8, 4) is 0 Å². The molecule has 0 aliphatic heterocycles. The van der Waals surface area contributed by atoms with Gasteiger partial charge in [-0.3, -0.25) is 15.4 Å². The summed E-state index contributed by atoms with van der Waals surface area (Å²) in [6.45, 7) is 1.85. The number of urea groups is 1. The second-order valence-corrected chi connectivity index (χ2v) is 10.2. The van der Waals surface area contributed by atoms with Crippen LogP contribution in [0.3, 0.4) is 0 Å². The number of aryl methyl sites for hydroxylation is 1. The van der Waals surface area contributed by atoms with E-state index in [0.717, 1.165) is 56.3 Å². The third-order valence-corrected chi connectivity index (χ3v) is 7.87. The summed E-state index contributed by atoms with van der Waals surface area (Å²) in [6.07, 6.45) is 10.5. The van der Waals surface area contributed by atoms with Crippen molar-refractivity contribution in [2.75, 3.05) is 0 Å². The van der Waals surface area contributed by atoms with Crippen LogP contribution >= 0.6 is 0 Å². The van der Waals surface area contributed by atoms with E-state index in [1.807, 2.05) is 6.92 Å². The molecule has 5 aliphatic rings. The quantitative estimate of drug-likeness (QED) is 0.725. The first-order valence-electron chi connectivity index (χ1n) is 11.5. The Bertz CT molecular complexity index is 770. The van der Waals surface area contributed by atoms with E-state index in [0.29, 0.717) is 0 Å². The Labute approximate surface area is 173 Å². The summed E-state index contributed by atoms with van der Waals surface area (Å²) in [7, 11) is 0. The number of carbonyl (C=O) groups excluding carboxylic acids is 2. The summed E-state index contributed by atoms with van der Waals surface area (Å²) in [5, 5.41) is 9.30. The van der Waals surface area contributed by atoms with Gasteiger partial charge in [0.05, 0.1) is 6.04 Å². The molecule has 4 fully saturated rings. The van der Waals surface area contributed by atoms with Gasteiger partial charge in [-0.2, -0.15) is 0 Å². The van der Waals surface area contributed by atoms with Crippen molar-refractivity contribution >= 4 is 11.9 Å². The summed E-state index contributed by atoms with van der Waals surface area (Å²) in [4.78, 5) is 25.4. The number of carbonyl (C=O) groups is 2. The minimum Gasteiger partial charge on any atom is -0.332 e. The minimum atomic E-state index is -0.409. The maximum Gasteiger partial charge on any atom is 0.321 e. The van der Waals surface area contributed by atoms with Crippen molar-refractivity contribution in [1.29, 1.82) is 0 Å². The monoisotopic (exact) mass is 395 g/mol. The van der Waals surface area contributed by atoms with E-state index in [4.69, 9.17) is 0 Å². The zero-order valence-electron chi connectivity index (χ0n) is 17.4. The van der Waals surface area contributed by atoms with Crippen LogP contribution in [0.4, 0.5) is 4.79 Å². The van der Waals surface area contributed by atoms with Gasteiger partial charge >= 0.3 is 6.03 Å². The Balaban J connectivity index is 1.17. The molecule has 1 aromatic rings. The fourth-order valence-corrected chi connectivity index (χ4v) is 7.06. The standard InChI is InChI=1S/C24H33N3O2/c1-15(25-21-8-4-6-19-5-2-3-7-20(19)21)22(28)26-23(29)27-24-12-16-9-17(13-24)11-18(10-16)14-24/h2-3,5,7,15-18,21,25H,4,6,8-14H2,1H3,(H2,26,27,28,29)/t15-,16?,17?,18?,21+,24?/m1/s1. The van der Waals surface area contributed by atoms with E-state index in [-0.39, 0.29) is 23.5 Å². The molecule has 0 aromatic heterocycles. The van der Waals surface area contributed by atoms with Crippen LogP contribution in [-0.4, -0.2) is 23.5 Å². The van der Waals surface area contributed by atoms with Crippen molar-refractivity contribution in [3.63, 3.8) is 0 Å². The predicted octanol–water partition coefficient (Wildman–Crippen LogP) is 3.84. The SMILES string of the molecule is C[C@@H](N[C@H]1CCCc2ccccc21)C(=O)NC(=O)NC12CC3CC(CC(C3)C1)C2. The zero-order valence-corrected chi connectivity index (χ0v) is 17.4. The van der Waals surface area contributed by atoms with Crippen LogP contribution in [-0.2, 0) is 11.2 Å². The summed E-state index contributed by atoms with van der Waals surface area (Å²) >= 11 is 0. The highest BCUT2D eigenvalue weighted by atomic mass is 16.2. The van der Waals surface area contributed by atoms with Crippen LogP contribution in [0.5, 0.6) is 0 Å². The van der Waals surface area contributed by atoms with Gasteiger partial charge in [-0.15, -0.1) is 0 Å². The predicted molar refractivity (Wildman–Crippen MR) is 112 cm³/mol. The van der Waals surface area contributed by atoms with Crippen LogP contribution < -0.4 is 16.0 Å². The molecule has 0 heterocycles. The van der Waals surface area contributed by atoms with E-state index in [2.05, 4.69) is 40.2 Å². The van der Waals surface area contributed by atoms with Gasteiger partial charge in [-0.05, 0) is 93.6 Å². The highest BCUT2D eigenvalue weighted by Crippen LogP contribution is 2.55. The van der Waals surface area contributed by atoms with Crippen molar-refractivity contribution < 1.29 is 9.59 Å². The minimum absolute atomic E-state index is 0.0713. The zero-order chi connectivity index (χ0) is 20.0. The number of benzene rings is 1. The molecule has 6 rings (SSSR count). The van der Waals surface area contributed by atoms with Crippen molar-refractivity contribution in [3.05, 3.63) is 35.4 Å². The van der Waals surface area contributed by atoms with E-state index in [1.54, 1.807) is 0 Å². The third kappa shape index (κ3) is 3.81. The maximum atomic E-state index is 12.7. The molecule has 5 aliphatic carbocycles. The molecular formula is C24H33N3O2. The first-order chi connectivity index (χ1) is 14.0. The lowest BCUT2D eigenvalue weighted by Gasteiger charge is -2.56. The smallest absolute Gasteiger partial charge is 0.321 e. The second kappa shape index (κ2) is 7.42. The number of hydrogen-bond acceptors (Lipinski definition) is 3. The van der Waals surface area contributed by atoms with Gasteiger partial charge in [0.25, 0.3) is 0 Å². The van der Waals surface area contributed by atoms with Crippen molar-refractivity contribution in [1.82, 2.24) is 16.0 Å². The van der Waals surface area contributed by atoms with Crippen LogP contribution in [0.15, 0.2) is 24.3 Å². The molecule has 0 saturated heterocycles. The van der Waals surface area contributed by atoms with Gasteiger partial charge < -0.3 is 5.32 Å². The Hall–Kier alpha value is -1.88. The van der Waals surface area contributed by atoms with Gasteiger partial charge in [0, 0.05) is 11.6 Å². The molecule has 1 aromatic carbocycles. The fourth-order valence-electron chi connectivity index (χ4n) is 7.06. The van der Waals surface area contributed by atoms with Crippen LogP contribution in [0, 0.1) is 17.8 Å². The second-order valence-electron chi connectivity index (χ2n) is 10.2. The molecule has 0 spiro atoms. The summed E-state index contributed by atoms with van der Waals surface area (Å²) in [6, 6.07) is 7.91. The van der Waals surface area contributed by atoms with Crippen LogP contribution in [0.25, 0.3) is 0 Å². The molecule has 29 heavy (non-hydrogen) atoms. The van der Waals surface area contributed by atoms with E-state index >= 15 is 0 Å². The van der Waals surface area contributed by atoms with Crippen molar-refractivity contribution in [2.24, 2.45) is 17.8 Å². The van der Waals surface area contributed by atoms with Gasteiger partial charge in [0.15, 0.2) is 0 Å². The normalized spacial score (nSPS) is 35.6. The largest absolute Gasteiger partial charge is 0.332 e. The van der Waals surface area contributed by atoms with Gasteiger partial charge in [-0.25, -0.2) is 4.79 Å². The summed E-state index contributed by atoms with van der Waals surface area (Å²) in [5.74, 6) is 2.06.